The average molecular weight is 1340 g/mol. The average Bonchev–Trinajstić information content (AvgIpc) is 0.729. The third-order valence-corrected chi connectivity index (χ3v) is 18.1. The zero-order chi connectivity index (χ0) is 70.7. The van der Waals surface area contributed by atoms with Gasteiger partial charge in [0, 0.05) is 54.6 Å². The maximum absolute atomic E-state index is 14.0. The third kappa shape index (κ3) is 11.8. The Bertz CT molecular complexity index is 6290. The van der Waals surface area contributed by atoms with Crippen LogP contribution in [0.3, 0.4) is 0 Å². The highest BCUT2D eigenvalue weighted by molar-refractivity contribution is 6.24. The van der Waals surface area contributed by atoms with Crippen molar-refractivity contribution in [3.8, 4) is 102 Å². The first-order valence-electron chi connectivity index (χ1n) is 32.0. The highest BCUT2D eigenvalue weighted by atomic mass is 19.4. The molecule has 0 N–H and O–H groups in total. The summed E-state index contributed by atoms with van der Waals surface area (Å²) in [5.41, 5.74) is 18.6. The van der Waals surface area contributed by atoms with Crippen molar-refractivity contribution >= 4 is 76.8 Å². The van der Waals surface area contributed by atoms with E-state index in [1.165, 1.54) is 6.07 Å². The normalized spacial score (nSPS) is 11.3. The van der Waals surface area contributed by atoms with E-state index in [1.54, 1.807) is 73.7 Å². The number of nitrogens with zero attached hydrogens (tertiary/aromatic N) is 10. The van der Waals surface area contributed by atoms with E-state index in [1.807, 2.05) is 159 Å². The maximum Gasteiger partial charge on any atom is 0.416 e. The summed E-state index contributed by atoms with van der Waals surface area (Å²) in [7, 11) is 0. The highest BCUT2D eigenvalue weighted by Gasteiger charge is 2.31. The SMILES string of the molecule is [C-]#[N+]c1ccc(-c2nc3cc(C)c4c(-c5ccc(-c6cc(C)cc(C(F)(F)F)c6)cc5)nc5ccccc5c4c3nc2-c2ccc(C#N)cc2)cc1.[C-]#[N+]c1ccc(-c2nc3cc(C)c4c(-c5ccc(-c6cc(F)c(F)c(F)c6)cc5)nc5ccccc5c4c3nc2-c2ccc(C#N)cc2)cc1. The van der Waals surface area contributed by atoms with Gasteiger partial charge in [0.1, 0.15) is 0 Å². The van der Waals surface area contributed by atoms with E-state index in [0.29, 0.717) is 95.3 Å². The van der Waals surface area contributed by atoms with Crippen molar-refractivity contribution in [2.24, 2.45) is 0 Å². The van der Waals surface area contributed by atoms with Crippen LogP contribution in [0.1, 0.15) is 33.4 Å². The molecule has 16 rings (SSSR count). The monoisotopic (exact) mass is 1330 g/mol. The number of para-hydroxylation sites is 2. The van der Waals surface area contributed by atoms with Gasteiger partial charge >= 0.3 is 6.18 Å². The Labute approximate surface area is 579 Å². The molecule has 4 heterocycles. The zero-order valence-corrected chi connectivity index (χ0v) is 54.3. The minimum Gasteiger partial charge on any atom is -0.247 e. The lowest BCUT2D eigenvalue weighted by atomic mass is 9.93. The number of alkyl halides is 3. The quantitative estimate of drug-likeness (QED) is 0.0635. The van der Waals surface area contributed by atoms with Gasteiger partial charge < -0.3 is 0 Å². The molecule has 10 nitrogen and oxygen atoms in total. The van der Waals surface area contributed by atoms with Gasteiger partial charge in [-0.2, -0.15) is 23.7 Å². The molecule has 0 fully saturated rings. The van der Waals surface area contributed by atoms with Crippen LogP contribution < -0.4 is 0 Å². The Balaban J connectivity index is 0.000000165. The summed E-state index contributed by atoms with van der Waals surface area (Å²) in [6, 6.07) is 73.5. The van der Waals surface area contributed by atoms with Gasteiger partial charge in [-0.3, -0.25) is 0 Å². The molecule has 0 aliphatic rings. The van der Waals surface area contributed by atoms with Gasteiger partial charge in [-0.15, -0.1) is 0 Å². The largest absolute Gasteiger partial charge is 0.416 e. The van der Waals surface area contributed by atoms with Crippen LogP contribution in [0, 0.1) is 74.0 Å². The van der Waals surface area contributed by atoms with Crippen LogP contribution in [0.4, 0.5) is 37.7 Å². The molecule has 12 aromatic carbocycles. The number of pyridine rings is 2. The summed E-state index contributed by atoms with van der Waals surface area (Å²) in [5, 5.41) is 24.2. The van der Waals surface area contributed by atoms with E-state index in [0.717, 1.165) is 112 Å². The van der Waals surface area contributed by atoms with E-state index in [-0.39, 0.29) is 5.56 Å². The van der Waals surface area contributed by atoms with Crippen molar-refractivity contribution < 1.29 is 26.3 Å². The van der Waals surface area contributed by atoms with Gasteiger partial charge in [0.05, 0.1) is 109 Å². The highest BCUT2D eigenvalue weighted by Crippen LogP contribution is 2.45. The molecule has 0 amide bonds. The number of aromatic nitrogens is 6. The number of fused-ring (bicyclic) bond motifs is 10. The summed E-state index contributed by atoms with van der Waals surface area (Å²) >= 11 is 0. The topological polar surface area (TPSA) is 134 Å². The molecule has 484 valence electrons. The van der Waals surface area contributed by atoms with Gasteiger partial charge in [0.2, 0.25) is 0 Å². The van der Waals surface area contributed by atoms with Crippen LogP contribution >= 0.6 is 0 Å². The maximum atomic E-state index is 14.0. The van der Waals surface area contributed by atoms with Crippen molar-refractivity contribution in [1.82, 2.24) is 29.9 Å². The molecule has 0 saturated heterocycles. The smallest absolute Gasteiger partial charge is 0.247 e. The molecule has 4 aromatic heterocycles. The Hall–Kier alpha value is -13.8. The Morgan fingerprint density at radius 1 is 0.343 bits per heavy atom. The van der Waals surface area contributed by atoms with Crippen LogP contribution in [-0.2, 0) is 6.18 Å². The number of rotatable bonds is 8. The molecule has 16 heteroatoms. The fourth-order valence-electron chi connectivity index (χ4n) is 13.2. The van der Waals surface area contributed by atoms with Crippen molar-refractivity contribution in [1.29, 1.82) is 10.5 Å². The Morgan fingerprint density at radius 3 is 1.06 bits per heavy atom. The molecule has 0 unspecified atom stereocenters. The second-order valence-electron chi connectivity index (χ2n) is 24.6. The second-order valence-corrected chi connectivity index (χ2v) is 24.6. The van der Waals surface area contributed by atoms with Gasteiger partial charge in [-0.05, 0) is 144 Å². The summed E-state index contributed by atoms with van der Waals surface area (Å²) < 4.78 is 82.6. The molecular weight excluding hydrogens is 1290 g/mol. The number of benzene rings is 12. The third-order valence-electron chi connectivity index (χ3n) is 18.1. The fourth-order valence-corrected chi connectivity index (χ4v) is 13.2. The first-order chi connectivity index (χ1) is 49.4. The number of aryl methyl sites for hydroxylation is 3. The van der Waals surface area contributed by atoms with Crippen molar-refractivity contribution in [2.45, 2.75) is 26.9 Å². The molecule has 0 radical (unpaired) electrons. The van der Waals surface area contributed by atoms with E-state index in [2.05, 4.69) is 21.8 Å². The van der Waals surface area contributed by atoms with E-state index < -0.39 is 29.2 Å². The molecule has 102 heavy (non-hydrogen) atoms. The van der Waals surface area contributed by atoms with Crippen molar-refractivity contribution in [3.05, 3.63) is 310 Å². The van der Waals surface area contributed by atoms with E-state index in [4.69, 9.17) is 43.0 Å². The first-order valence-corrected chi connectivity index (χ1v) is 32.0. The molecule has 0 aliphatic heterocycles. The number of nitriles is 2. The van der Waals surface area contributed by atoms with Gasteiger partial charge in [0.15, 0.2) is 28.8 Å². The molecule has 0 bridgehead atoms. The fraction of sp³-hybridized carbons (Fsp3) is 0.0465. The van der Waals surface area contributed by atoms with Gasteiger partial charge in [-0.1, -0.05) is 164 Å². The summed E-state index contributed by atoms with van der Waals surface area (Å²) in [6.45, 7) is 20.5. The minimum absolute atomic E-state index is 0.219. The summed E-state index contributed by atoms with van der Waals surface area (Å²) in [5.74, 6) is -4.01. The number of hydrogen-bond acceptors (Lipinski definition) is 8. The van der Waals surface area contributed by atoms with Crippen molar-refractivity contribution in [3.63, 3.8) is 0 Å². The van der Waals surface area contributed by atoms with E-state index in [9.17, 15) is 36.9 Å². The Morgan fingerprint density at radius 2 is 0.676 bits per heavy atom. The summed E-state index contributed by atoms with van der Waals surface area (Å²) in [4.78, 5) is 38.3. The zero-order valence-electron chi connectivity index (χ0n) is 54.3. The van der Waals surface area contributed by atoms with Crippen molar-refractivity contribution in [2.75, 3.05) is 0 Å². The standard InChI is InChI=1S/C44H26F3N5.C42H22F3N5/c1-25-20-32(23-33(21-25)44(45,46)47)28-12-14-29(15-13-28)40-38-26(2)22-37-43(39(38)35-6-4-5-7-36(35)50-40)52-42(30-10-8-27(24-48)9-11-30)41(51-37)31-16-18-34(49-3)19-17-31;1-23-19-35-42(50-41(27-9-7-24(22-46)8-10-27)40(49-35)28-15-17-30(47-2)18-16-28)37-31-5-3-4-6-34(31)48-39(36(23)37)26-13-11-25(12-14-26)29-20-32(43)38(45)33(44)21-29/h4-23H,1-2H3;3-21H,1H3. The lowest BCUT2D eigenvalue weighted by Crippen LogP contribution is -2.05. The molecule has 0 spiro atoms. The van der Waals surface area contributed by atoms with Crippen LogP contribution in [0.5, 0.6) is 0 Å². The molecular formula is C86H48F6N10. The predicted octanol–water partition coefficient (Wildman–Crippen LogP) is 23.2. The first kappa shape index (κ1) is 64.2. The predicted molar refractivity (Wildman–Crippen MR) is 389 cm³/mol. The molecule has 16 aromatic rings. The van der Waals surface area contributed by atoms with Gasteiger partial charge in [-0.25, -0.2) is 52.8 Å². The minimum atomic E-state index is -4.44. The lowest BCUT2D eigenvalue weighted by Gasteiger charge is -2.17. The number of halogens is 6. The number of hydrogen-bond donors (Lipinski definition) is 0. The van der Waals surface area contributed by atoms with Crippen LogP contribution in [-0.4, -0.2) is 29.9 Å². The second kappa shape index (κ2) is 25.9. The lowest BCUT2D eigenvalue weighted by molar-refractivity contribution is -0.137. The molecule has 0 atom stereocenters. The van der Waals surface area contributed by atoms with Crippen LogP contribution in [0.15, 0.2) is 237 Å². The van der Waals surface area contributed by atoms with E-state index >= 15 is 0 Å². The molecule has 0 aliphatic carbocycles. The van der Waals surface area contributed by atoms with Gasteiger partial charge in [0.25, 0.3) is 0 Å². The Kier molecular flexibility index (Phi) is 16.3. The van der Waals surface area contributed by atoms with Crippen LogP contribution in [0.2, 0.25) is 0 Å². The summed E-state index contributed by atoms with van der Waals surface area (Å²) in [6.07, 6.45) is -4.44. The molecule has 0 saturated carbocycles. The van der Waals surface area contributed by atoms with Crippen LogP contribution in [0.25, 0.3) is 165 Å².